The van der Waals surface area contributed by atoms with Crippen LogP contribution < -0.4 is 10.6 Å². The van der Waals surface area contributed by atoms with Gasteiger partial charge in [-0.05, 0) is 143 Å². The number of para-hydroxylation sites is 1. The van der Waals surface area contributed by atoms with Crippen molar-refractivity contribution in [1.29, 1.82) is 0 Å². The number of carbonyl (C=O) groups is 1. The average Bonchev–Trinajstić information content (AvgIpc) is 3.31. The second-order valence-electron chi connectivity index (χ2n) is 16.7. The summed E-state index contributed by atoms with van der Waals surface area (Å²) in [7, 11) is 0. The number of nitrogens with two attached hydrogens (primary N) is 1. The molecule has 9 rings (SSSR count). The average molecular weight is 678 g/mol. The number of benzene rings is 1. The number of carbonyl (C=O) groups excluding carboxylic acids is 1. The first-order chi connectivity index (χ1) is 24.3. The van der Waals surface area contributed by atoms with Crippen molar-refractivity contribution in [2.75, 3.05) is 43.4 Å². The molecule has 50 heavy (non-hydrogen) atoms. The molecule has 1 aromatic carbocycles. The Hall–Kier alpha value is -3.79. The van der Waals surface area contributed by atoms with Crippen LogP contribution in [0.4, 0.5) is 11.5 Å². The summed E-state index contributed by atoms with van der Waals surface area (Å²) in [5.41, 5.74) is 10.5. The summed E-state index contributed by atoms with van der Waals surface area (Å²) in [6.07, 6.45) is 17.2. The lowest BCUT2D eigenvalue weighted by molar-refractivity contribution is -0.151. The molecular weight excluding hydrogens is 626 g/mol. The molecule has 6 aliphatic rings. The number of piperidine rings is 1. The topological polar surface area (TPSA) is 131 Å². The number of aromatic nitrogens is 4. The van der Waals surface area contributed by atoms with Gasteiger partial charge in [0.25, 0.3) is 0 Å². The highest BCUT2D eigenvalue weighted by Crippen LogP contribution is 2.64. The zero-order chi connectivity index (χ0) is 34.0. The maximum absolute atomic E-state index is 12.2. The highest BCUT2D eigenvalue weighted by Gasteiger charge is 2.63. The van der Waals surface area contributed by atoms with Gasteiger partial charge in [-0.1, -0.05) is 12.1 Å². The van der Waals surface area contributed by atoms with E-state index in [1.165, 1.54) is 50.5 Å². The van der Waals surface area contributed by atoms with E-state index < -0.39 is 0 Å². The van der Waals surface area contributed by atoms with Crippen molar-refractivity contribution in [2.45, 2.75) is 94.9 Å². The predicted molar refractivity (Wildman–Crippen MR) is 191 cm³/mol. The molecule has 264 valence electrons. The van der Waals surface area contributed by atoms with E-state index in [2.05, 4.69) is 32.4 Å². The first kappa shape index (κ1) is 32.1. The SMILES string of the molecule is CCOC(=O)[C@H]1CCC2(CC1)C[C@H](N1CCC(c3cnc(C45CC6CC4C(CN(c4cc(-c7ccccc7O)nnc4N)C6)C5)nc3)CC1)C2. The number of anilines is 2. The molecule has 0 amide bonds. The Morgan fingerprint density at radius 3 is 2.50 bits per heavy atom. The molecule has 1 spiro atoms. The van der Waals surface area contributed by atoms with Crippen molar-refractivity contribution in [1.82, 2.24) is 25.1 Å². The normalized spacial score (nSPS) is 33.8. The van der Waals surface area contributed by atoms with Crippen LogP contribution in [0, 0.1) is 29.1 Å². The van der Waals surface area contributed by atoms with Crippen molar-refractivity contribution >= 4 is 17.5 Å². The van der Waals surface area contributed by atoms with Crippen LogP contribution in [0.5, 0.6) is 5.75 Å². The Morgan fingerprint density at radius 1 is 1.00 bits per heavy atom. The Bertz CT molecular complexity index is 1720. The molecule has 6 fully saturated rings. The zero-order valence-electron chi connectivity index (χ0n) is 29.3. The molecule has 3 aromatic rings. The van der Waals surface area contributed by atoms with Crippen LogP contribution in [0.15, 0.2) is 42.7 Å². The van der Waals surface area contributed by atoms with E-state index in [-0.39, 0.29) is 23.1 Å². The van der Waals surface area contributed by atoms with Crippen molar-refractivity contribution in [2.24, 2.45) is 29.1 Å². The summed E-state index contributed by atoms with van der Waals surface area (Å²) in [4.78, 5) is 27.6. The summed E-state index contributed by atoms with van der Waals surface area (Å²) >= 11 is 0. The minimum atomic E-state index is 0.0223. The van der Waals surface area contributed by atoms with Gasteiger partial charge >= 0.3 is 5.97 Å². The van der Waals surface area contributed by atoms with Crippen molar-refractivity contribution in [3.05, 3.63) is 54.1 Å². The first-order valence-corrected chi connectivity index (χ1v) is 19.2. The standard InChI is InChI=1S/C40H51N7O3/c1-2-50-37(49)27-7-11-39(12-8-27)19-30(20-39)46-13-9-26(10-14-46)29-21-42-38(43-22-29)40-17-25-15-32(40)28(18-40)24-47(23-25)34-16-33(44-45-36(34)41)31-5-3-4-6-35(31)48/h3-6,16,21-22,25-28,30,32,48H,2,7-15,17-20,23-24H2,1H3,(H2,41,45)/t25?,27-,28?,30-,32?,39?,40?. The van der Waals surface area contributed by atoms with Crippen LogP contribution in [0.25, 0.3) is 11.3 Å². The van der Waals surface area contributed by atoms with Gasteiger partial charge in [-0.25, -0.2) is 9.97 Å². The summed E-state index contributed by atoms with van der Waals surface area (Å²) < 4.78 is 5.29. The predicted octanol–water partition coefficient (Wildman–Crippen LogP) is 6.11. The van der Waals surface area contributed by atoms with Gasteiger partial charge in [0, 0.05) is 42.5 Å². The third-order valence-corrected chi connectivity index (χ3v) is 14.0. The van der Waals surface area contributed by atoms with Crippen LogP contribution in [-0.4, -0.2) is 75.0 Å². The number of ether oxygens (including phenoxy) is 1. The van der Waals surface area contributed by atoms with E-state index in [0.29, 0.717) is 58.8 Å². The van der Waals surface area contributed by atoms with Crippen LogP contribution in [0.3, 0.4) is 0 Å². The molecule has 2 aliphatic heterocycles. The van der Waals surface area contributed by atoms with Crippen LogP contribution >= 0.6 is 0 Å². The Balaban J connectivity index is 0.794. The molecule has 4 unspecified atom stereocenters. The molecule has 4 heterocycles. The molecule has 2 bridgehead atoms. The minimum Gasteiger partial charge on any atom is -0.507 e. The maximum atomic E-state index is 12.2. The van der Waals surface area contributed by atoms with E-state index >= 15 is 0 Å². The van der Waals surface area contributed by atoms with E-state index in [0.717, 1.165) is 63.4 Å². The van der Waals surface area contributed by atoms with Gasteiger partial charge in [0.1, 0.15) is 11.6 Å². The van der Waals surface area contributed by atoms with Gasteiger partial charge in [0.15, 0.2) is 5.82 Å². The van der Waals surface area contributed by atoms with Crippen LogP contribution in [0.2, 0.25) is 0 Å². The lowest BCUT2D eigenvalue weighted by Gasteiger charge is -2.55. The molecule has 3 N–H and O–H groups in total. The number of fused-ring (bicyclic) bond motifs is 1. The number of nitrogen functional groups attached to an aromatic ring is 1. The molecule has 4 aliphatic carbocycles. The number of hydrogen-bond donors (Lipinski definition) is 2. The second kappa shape index (κ2) is 12.5. The fraction of sp³-hybridized carbons (Fsp3) is 0.625. The third kappa shape index (κ3) is 5.44. The van der Waals surface area contributed by atoms with E-state index in [9.17, 15) is 9.90 Å². The van der Waals surface area contributed by atoms with Crippen LogP contribution in [0.1, 0.15) is 94.9 Å². The smallest absolute Gasteiger partial charge is 0.308 e. The van der Waals surface area contributed by atoms with Crippen molar-refractivity contribution < 1.29 is 14.6 Å². The molecule has 2 saturated heterocycles. The highest BCUT2D eigenvalue weighted by atomic mass is 16.5. The summed E-state index contributed by atoms with van der Waals surface area (Å²) in [5.74, 6) is 4.14. The summed E-state index contributed by atoms with van der Waals surface area (Å²) in [6.45, 7) is 6.61. The number of nitrogens with zero attached hydrogens (tertiary/aromatic N) is 6. The maximum Gasteiger partial charge on any atom is 0.308 e. The first-order valence-electron chi connectivity index (χ1n) is 19.2. The van der Waals surface area contributed by atoms with Gasteiger partial charge in [-0.3, -0.25) is 4.79 Å². The summed E-state index contributed by atoms with van der Waals surface area (Å²) in [6, 6.07) is 9.97. The number of esters is 1. The van der Waals surface area contributed by atoms with E-state index in [4.69, 9.17) is 20.4 Å². The van der Waals surface area contributed by atoms with Gasteiger partial charge in [-0.15, -0.1) is 10.2 Å². The lowest BCUT2D eigenvalue weighted by atomic mass is 9.54. The van der Waals surface area contributed by atoms with E-state index in [1.807, 2.05) is 31.2 Å². The fourth-order valence-electron chi connectivity index (χ4n) is 11.4. The van der Waals surface area contributed by atoms with Gasteiger partial charge in [0.2, 0.25) is 0 Å². The fourth-order valence-corrected chi connectivity index (χ4v) is 11.4. The molecule has 10 heteroatoms. The van der Waals surface area contributed by atoms with Crippen molar-refractivity contribution in [3.63, 3.8) is 0 Å². The number of phenols is 1. The lowest BCUT2D eigenvalue weighted by Crippen LogP contribution is -2.54. The molecular formula is C40H51N7O3. The second-order valence-corrected chi connectivity index (χ2v) is 16.7. The van der Waals surface area contributed by atoms with Gasteiger partial charge in [0.05, 0.1) is 23.9 Å². The molecule has 2 aromatic heterocycles. The van der Waals surface area contributed by atoms with Crippen molar-refractivity contribution in [3.8, 4) is 17.0 Å². The highest BCUT2D eigenvalue weighted by molar-refractivity contribution is 5.74. The number of aromatic hydroxyl groups is 1. The molecule has 4 atom stereocenters. The number of phenolic OH excluding ortho intramolecular Hbond substituents is 1. The molecule has 4 saturated carbocycles. The largest absolute Gasteiger partial charge is 0.507 e. The summed E-state index contributed by atoms with van der Waals surface area (Å²) in [5, 5.41) is 19.0. The minimum absolute atomic E-state index is 0.0223. The quantitative estimate of drug-likeness (QED) is 0.283. The van der Waals surface area contributed by atoms with Crippen LogP contribution in [-0.2, 0) is 14.9 Å². The number of likely N-dealkylation sites (tertiary alicyclic amines) is 1. The van der Waals surface area contributed by atoms with Gasteiger partial charge < -0.3 is 25.4 Å². The monoisotopic (exact) mass is 677 g/mol. The zero-order valence-corrected chi connectivity index (χ0v) is 29.3. The molecule has 0 radical (unpaired) electrons. The number of hydrogen-bond acceptors (Lipinski definition) is 10. The van der Waals surface area contributed by atoms with E-state index in [1.54, 1.807) is 6.07 Å². The van der Waals surface area contributed by atoms with Gasteiger partial charge in [-0.2, -0.15) is 0 Å². The molecule has 10 nitrogen and oxygen atoms in total. The Morgan fingerprint density at radius 2 is 1.76 bits per heavy atom. The third-order valence-electron chi connectivity index (χ3n) is 14.0. The Labute approximate surface area is 295 Å². The Kier molecular flexibility index (Phi) is 8.01. The number of rotatable bonds is 7.